The zero-order chi connectivity index (χ0) is 18.0. The van der Waals surface area contributed by atoms with Crippen LogP contribution in [-0.4, -0.2) is 47.7 Å². The Morgan fingerprint density at radius 3 is 3.12 bits per heavy atom. The van der Waals surface area contributed by atoms with E-state index in [1.807, 2.05) is 13.8 Å². The van der Waals surface area contributed by atoms with Crippen molar-refractivity contribution < 1.29 is 9.53 Å². The lowest BCUT2D eigenvalue weighted by molar-refractivity contribution is -0.121. The van der Waals surface area contributed by atoms with E-state index in [0.29, 0.717) is 5.69 Å². The highest BCUT2D eigenvalue weighted by Gasteiger charge is 2.23. The van der Waals surface area contributed by atoms with E-state index in [2.05, 4.69) is 36.1 Å². The molecule has 1 aliphatic rings. The largest absolute Gasteiger partial charge is 0.369 e. The Labute approximate surface area is 155 Å². The van der Waals surface area contributed by atoms with Gasteiger partial charge in [-0.3, -0.25) is 4.79 Å². The molecule has 8 heteroatoms. The topological polar surface area (TPSA) is 96.3 Å². The monoisotopic (exact) mass is 409 g/mol. The van der Waals surface area contributed by atoms with E-state index >= 15 is 0 Å². The zero-order valence-electron chi connectivity index (χ0n) is 14.5. The number of pyridine rings is 1. The molecule has 0 aliphatic carbocycles. The summed E-state index contributed by atoms with van der Waals surface area (Å²) < 4.78 is 6.27. The smallest absolute Gasteiger partial charge is 0.250 e. The van der Waals surface area contributed by atoms with Crippen molar-refractivity contribution in [2.75, 3.05) is 29.9 Å². The van der Waals surface area contributed by atoms with Crippen LogP contribution in [-0.2, 0) is 9.53 Å². The number of carbonyl (C=O) groups excluding carboxylic acids is 1. The molecule has 1 fully saturated rings. The molecule has 2 aromatic heterocycles. The normalized spacial score (nSPS) is 18.1. The van der Waals surface area contributed by atoms with Crippen LogP contribution in [0.1, 0.15) is 26.7 Å². The maximum atomic E-state index is 12.2. The van der Waals surface area contributed by atoms with Crippen molar-refractivity contribution in [1.82, 2.24) is 9.97 Å². The van der Waals surface area contributed by atoms with Crippen LogP contribution in [0.5, 0.6) is 0 Å². The van der Waals surface area contributed by atoms with E-state index in [0.717, 1.165) is 47.1 Å². The van der Waals surface area contributed by atoms with Crippen molar-refractivity contribution in [3.8, 4) is 0 Å². The highest BCUT2D eigenvalue weighted by Crippen LogP contribution is 2.38. The number of H-pyrrole nitrogens is 1. The fraction of sp³-hybridized carbons (Fsp3) is 0.529. The standard InChI is InChI=1S/C17H24BrN5O2/c1-10(2)25-9-14(24)22-13-7-21-17-15(13)16(12(18)6-20-17)23-5-3-4-11(19)8-23/h6-7,10-11H,3-5,8-9,19H2,1-2H3,(H,20,21)(H,22,24)/t11-/m1/s1. The Kier molecular flexibility index (Phi) is 5.61. The number of nitrogens with two attached hydrogens (primary N) is 1. The number of rotatable bonds is 5. The Morgan fingerprint density at radius 2 is 2.40 bits per heavy atom. The minimum Gasteiger partial charge on any atom is -0.369 e. The van der Waals surface area contributed by atoms with Gasteiger partial charge < -0.3 is 25.7 Å². The summed E-state index contributed by atoms with van der Waals surface area (Å²) in [5.41, 5.74) is 8.60. The van der Waals surface area contributed by atoms with Crippen LogP contribution in [0.15, 0.2) is 16.9 Å². The second-order valence-corrected chi connectivity index (χ2v) is 7.49. The third-order valence-electron chi connectivity index (χ3n) is 4.23. The van der Waals surface area contributed by atoms with Crippen LogP contribution >= 0.6 is 15.9 Å². The number of fused-ring (bicyclic) bond motifs is 1. The van der Waals surface area contributed by atoms with Crippen LogP contribution in [0.3, 0.4) is 0 Å². The summed E-state index contributed by atoms with van der Waals surface area (Å²) >= 11 is 3.61. The van der Waals surface area contributed by atoms with Crippen molar-refractivity contribution in [2.24, 2.45) is 5.73 Å². The summed E-state index contributed by atoms with van der Waals surface area (Å²) in [7, 11) is 0. The van der Waals surface area contributed by atoms with Crippen LogP contribution in [0.4, 0.5) is 11.4 Å². The van der Waals surface area contributed by atoms with E-state index in [4.69, 9.17) is 10.5 Å². The van der Waals surface area contributed by atoms with Gasteiger partial charge in [-0.1, -0.05) is 0 Å². The first kappa shape index (κ1) is 18.2. The lowest BCUT2D eigenvalue weighted by Crippen LogP contribution is -2.43. The first-order valence-corrected chi connectivity index (χ1v) is 9.32. The number of halogens is 1. The van der Waals surface area contributed by atoms with Gasteiger partial charge in [-0.25, -0.2) is 4.98 Å². The molecule has 2 aromatic rings. The number of aromatic amines is 1. The zero-order valence-corrected chi connectivity index (χ0v) is 16.1. The highest BCUT2D eigenvalue weighted by molar-refractivity contribution is 9.10. The van der Waals surface area contributed by atoms with Gasteiger partial charge in [0.1, 0.15) is 12.3 Å². The van der Waals surface area contributed by atoms with E-state index in [1.165, 1.54) is 0 Å². The van der Waals surface area contributed by atoms with Crippen molar-refractivity contribution >= 4 is 44.2 Å². The van der Waals surface area contributed by atoms with Crippen LogP contribution in [0.25, 0.3) is 11.0 Å². The number of nitrogens with one attached hydrogen (secondary N) is 2. The van der Waals surface area contributed by atoms with Gasteiger partial charge in [0.2, 0.25) is 5.91 Å². The lowest BCUT2D eigenvalue weighted by atomic mass is 10.1. The number of aromatic nitrogens is 2. The number of carbonyl (C=O) groups is 1. The first-order valence-electron chi connectivity index (χ1n) is 8.53. The van der Waals surface area contributed by atoms with Crippen LogP contribution in [0, 0.1) is 0 Å². The number of anilines is 2. The summed E-state index contributed by atoms with van der Waals surface area (Å²) in [5.74, 6) is -0.184. The van der Waals surface area contributed by atoms with Gasteiger partial charge in [-0.2, -0.15) is 0 Å². The minimum atomic E-state index is -0.184. The molecule has 3 rings (SSSR count). The molecule has 0 radical (unpaired) electrons. The molecule has 0 aromatic carbocycles. The van der Waals surface area contributed by atoms with Gasteiger partial charge in [0.05, 0.1) is 27.3 Å². The average Bonchev–Trinajstić information content (AvgIpc) is 2.96. The average molecular weight is 410 g/mol. The van der Waals surface area contributed by atoms with Crippen molar-refractivity contribution in [3.05, 3.63) is 16.9 Å². The number of hydrogen-bond donors (Lipinski definition) is 3. The predicted molar refractivity (Wildman–Crippen MR) is 103 cm³/mol. The van der Waals surface area contributed by atoms with E-state index in [1.54, 1.807) is 12.4 Å². The molecule has 136 valence electrons. The lowest BCUT2D eigenvalue weighted by Gasteiger charge is -2.33. The SMILES string of the molecule is CC(C)OCC(=O)Nc1c[nH]c2ncc(Br)c(N3CCC[C@@H](N)C3)c12. The Morgan fingerprint density at radius 1 is 1.60 bits per heavy atom. The summed E-state index contributed by atoms with van der Waals surface area (Å²) in [6, 6.07) is 0.153. The molecule has 0 saturated carbocycles. The first-order chi connectivity index (χ1) is 12.0. The second kappa shape index (κ2) is 7.72. The van der Waals surface area contributed by atoms with Gasteiger partial charge in [-0.05, 0) is 42.6 Å². The number of nitrogens with zero attached hydrogens (tertiary/aromatic N) is 2. The molecule has 1 aliphatic heterocycles. The molecule has 0 unspecified atom stereocenters. The van der Waals surface area contributed by atoms with Crippen molar-refractivity contribution in [3.63, 3.8) is 0 Å². The van der Waals surface area contributed by atoms with Crippen LogP contribution in [0.2, 0.25) is 0 Å². The third kappa shape index (κ3) is 4.13. The van der Waals surface area contributed by atoms with E-state index < -0.39 is 0 Å². The third-order valence-corrected chi connectivity index (χ3v) is 4.81. The van der Waals surface area contributed by atoms with Gasteiger partial charge in [0.25, 0.3) is 0 Å². The number of piperidine rings is 1. The maximum Gasteiger partial charge on any atom is 0.250 e. The number of amides is 1. The number of ether oxygens (including phenoxy) is 1. The molecule has 25 heavy (non-hydrogen) atoms. The molecule has 1 saturated heterocycles. The molecule has 1 amide bonds. The molecule has 1 atom stereocenters. The number of hydrogen-bond acceptors (Lipinski definition) is 5. The van der Waals surface area contributed by atoms with Crippen molar-refractivity contribution in [1.29, 1.82) is 0 Å². The summed E-state index contributed by atoms with van der Waals surface area (Å²) in [4.78, 5) is 22.0. The highest BCUT2D eigenvalue weighted by atomic mass is 79.9. The predicted octanol–water partition coefficient (Wildman–Crippen LogP) is 2.62. The fourth-order valence-electron chi connectivity index (χ4n) is 3.11. The molecule has 0 bridgehead atoms. The van der Waals surface area contributed by atoms with Crippen molar-refractivity contribution in [2.45, 2.75) is 38.8 Å². The maximum absolute atomic E-state index is 12.2. The molecular weight excluding hydrogens is 386 g/mol. The minimum absolute atomic E-state index is 0.00919. The van der Waals surface area contributed by atoms with Gasteiger partial charge in [0.15, 0.2) is 0 Å². The summed E-state index contributed by atoms with van der Waals surface area (Å²) in [6.45, 7) is 5.54. The van der Waals surface area contributed by atoms with Gasteiger partial charge >= 0.3 is 0 Å². The molecule has 3 heterocycles. The fourth-order valence-corrected chi connectivity index (χ4v) is 3.66. The molecular formula is C17H24BrN5O2. The summed E-state index contributed by atoms with van der Waals surface area (Å²) in [6.07, 6.45) is 5.64. The Hall–Kier alpha value is -1.64. The Bertz CT molecular complexity index is 761. The van der Waals surface area contributed by atoms with E-state index in [9.17, 15) is 4.79 Å². The van der Waals surface area contributed by atoms with Crippen LogP contribution < -0.4 is 16.0 Å². The van der Waals surface area contributed by atoms with Gasteiger partial charge in [-0.15, -0.1) is 0 Å². The molecule has 0 spiro atoms. The molecule has 4 N–H and O–H groups in total. The quantitative estimate of drug-likeness (QED) is 0.704. The Balaban J connectivity index is 1.92. The second-order valence-electron chi connectivity index (χ2n) is 6.64. The summed E-state index contributed by atoms with van der Waals surface area (Å²) in [5, 5.41) is 3.81. The van der Waals surface area contributed by atoms with Gasteiger partial charge in [0, 0.05) is 31.5 Å². The van der Waals surface area contributed by atoms with E-state index in [-0.39, 0.29) is 24.7 Å². The molecule has 7 nitrogen and oxygen atoms in total.